The molecule has 2 aromatic heterocycles. The van der Waals surface area contributed by atoms with Gasteiger partial charge < -0.3 is 19.9 Å². The molecule has 1 amide bonds. The molecule has 3 aromatic rings. The number of hydrogen-bond donors (Lipinski definition) is 2. The fourth-order valence-electron chi connectivity index (χ4n) is 2.13. The molecule has 1 atom stereocenters. The molecule has 10 heteroatoms. The zero-order valence-electron chi connectivity index (χ0n) is 14.9. The van der Waals surface area contributed by atoms with Crippen LogP contribution in [0, 0.1) is 0 Å². The van der Waals surface area contributed by atoms with Crippen molar-refractivity contribution in [1.29, 1.82) is 0 Å². The van der Waals surface area contributed by atoms with Gasteiger partial charge >= 0.3 is 6.09 Å². The summed E-state index contributed by atoms with van der Waals surface area (Å²) >= 11 is 2.47. The first-order valence-electron chi connectivity index (χ1n) is 8.14. The first kappa shape index (κ1) is 19.1. The average Bonchev–Trinajstić information content (AvgIpc) is 3.25. The Kier molecular flexibility index (Phi) is 5.87. The van der Waals surface area contributed by atoms with Crippen LogP contribution in [0.4, 0.5) is 4.79 Å². The maximum atomic E-state index is 10.7. The quantitative estimate of drug-likeness (QED) is 0.592. The van der Waals surface area contributed by atoms with Crippen molar-refractivity contribution in [3.05, 3.63) is 35.5 Å². The van der Waals surface area contributed by atoms with Gasteiger partial charge in [0.15, 0.2) is 5.82 Å². The Hall–Kier alpha value is -2.72. The Morgan fingerprint density at radius 3 is 2.56 bits per heavy atom. The lowest BCUT2D eigenvalue weighted by Gasteiger charge is -2.09. The van der Waals surface area contributed by atoms with Crippen molar-refractivity contribution in [2.75, 3.05) is 0 Å². The molecule has 8 nitrogen and oxygen atoms in total. The van der Waals surface area contributed by atoms with Crippen LogP contribution in [0.3, 0.4) is 0 Å². The molecule has 1 unspecified atom stereocenters. The van der Waals surface area contributed by atoms with Gasteiger partial charge in [-0.1, -0.05) is 11.3 Å². The molecule has 0 fully saturated rings. The molecule has 0 bridgehead atoms. The van der Waals surface area contributed by atoms with Crippen LogP contribution in [0.15, 0.2) is 30.5 Å². The second-order valence-corrected chi connectivity index (χ2v) is 7.63. The predicted molar refractivity (Wildman–Crippen MR) is 103 cm³/mol. The Morgan fingerprint density at radius 1 is 1.19 bits per heavy atom. The van der Waals surface area contributed by atoms with Gasteiger partial charge in [-0.15, -0.1) is 0 Å². The summed E-state index contributed by atoms with van der Waals surface area (Å²) in [5, 5.41) is 12.2. The smallest absolute Gasteiger partial charge is 0.405 e. The van der Waals surface area contributed by atoms with E-state index in [4.69, 9.17) is 14.6 Å². The Balaban J connectivity index is 1.66. The summed E-state index contributed by atoms with van der Waals surface area (Å²) in [6, 6.07) is 6.89. The maximum absolute atomic E-state index is 10.7. The fourth-order valence-corrected chi connectivity index (χ4v) is 3.57. The first-order valence-corrected chi connectivity index (χ1v) is 9.73. The van der Waals surface area contributed by atoms with E-state index in [1.165, 1.54) is 11.3 Å². The topological polar surface area (TPSA) is 106 Å². The number of carboxylic acid groups (broad SMARTS) is 1. The SMILES string of the molecule is CC(C)Oc1ccc(Oc2ncc(-c3nsc(C(C)NC(=O)O)n3)s2)cc1. The molecule has 0 saturated carbocycles. The van der Waals surface area contributed by atoms with E-state index in [0.717, 1.165) is 22.2 Å². The molecule has 0 radical (unpaired) electrons. The maximum Gasteiger partial charge on any atom is 0.405 e. The number of carbonyl (C=O) groups is 1. The van der Waals surface area contributed by atoms with Crippen LogP contribution in [0.2, 0.25) is 0 Å². The monoisotopic (exact) mass is 406 g/mol. The van der Waals surface area contributed by atoms with Gasteiger partial charge in [0.2, 0.25) is 0 Å². The van der Waals surface area contributed by atoms with E-state index in [9.17, 15) is 4.79 Å². The van der Waals surface area contributed by atoms with E-state index in [1.807, 2.05) is 38.1 Å². The summed E-state index contributed by atoms with van der Waals surface area (Å²) in [5.41, 5.74) is 0. The third kappa shape index (κ3) is 5.14. The number of rotatable bonds is 7. The van der Waals surface area contributed by atoms with E-state index < -0.39 is 12.1 Å². The lowest BCUT2D eigenvalue weighted by molar-refractivity contribution is 0.191. The molecule has 142 valence electrons. The second-order valence-electron chi connectivity index (χ2n) is 5.86. The van der Waals surface area contributed by atoms with Crippen LogP contribution in [-0.2, 0) is 0 Å². The van der Waals surface area contributed by atoms with Crippen LogP contribution in [0.1, 0.15) is 31.8 Å². The molecule has 2 heterocycles. The summed E-state index contributed by atoms with van der Waals surface area (Å²) in [5.74, 6) is 1.93. The van der Waals surface area contributed by atoms with Gasteiger partial charge in [0.25, 0.3) is 5.19 Å². The number of nitrogens with one attached hydrogen (secondary N) is 1. The minimum atomic E-state index is -1.10. The first-order chi connectivity index (χ1) is 12.9. The number of thiazole rings is 1. The van der Waals surface area contributed by atoms with Gasteiger partial charge in [0.05, 0.1) is 23.2 Å². The lowest BCUT2D eigenvalue weighted by Crippen LogP contribution is -2.24. The van der Waals surface area contributed by atoms with E-state index in [0.29, 0.717) is 21.8 Å². The van der Waals surface area contributed by atoms with E-state index in [-0.39, 0.29) is 6.10 Å². The van der Waals surface area contributed by atoms with Gasteiger partial charge in [0, 0.05) is 0 Å². The number of hydrogen-bond acceptors (Lipinski definition) is 8. The summed E-state index contributed by atoms with van der Waals surface area (Å²) in [7, 11) is 0. The molecule has 0 saturated heterocycles. The van der Waals surface area contributed by atoms with Crippen molar-refractivity contribution >= 4 is 29.0 Å². The molecule has 2 N–H and O–H groups in total. The minimum absolute atomic E-state index is 0.113. The molecule has 0 spiro atoms. The van der Waals surface area contributed by atoms with Crippen LogP contribution in [0.25, 0.3) is 10.7 Å². The van der Waals surface area contributed by atoms with Crippen molar-refractivity contribution in [2.24, 2.45) is 0 Å². The lowest BCUT2D eigenvalue weighted by atomic mass is 10.3. The summed E-state index contributed by atoms with van der Waals surface area (Å²) in [4.78, 5) is 20.1. The number of nitrogens with zero attached hydrogens (tertiary/aromatic N) is 3. The van der Waals surface area contributed by atoms with E-state index >= 15 is 0 Å². The normalized spacial score (nSPS) is 12.0. The molecule has 0 aliphatic rings. The molecule has 3 rings (SSSR count). The second kappa shape index (κ2) is 8.31. The molecule has 27 heavy (non-hydrogen) atoms. The number of aromatic nitrogens is 3. The Labute approximate surface area is 164 Å². The molecule has 1 aromatic carbocycles. The van der Waals surface area contributed by atoms with Crippen molar-refractivity contribution in [2.45, 2.75) is 32.9 Å². The van der Waals surface area contributed by atoms with E-state index in [1.54, 1.807) is 13.1 Å². The number of benzene rings is 1. The van der Waals surface area contributed by atoms with Gasteiger partial charge in [-0.3, -0.25) is 0 Å². The Morgan fingerprint density at radius 2 is 1.89 bits per heavy atom. The molecule has 0 aliphatic carbocycles. The third-order valence-electron chi connectivity index (χ3n) is 3.26. The standard InChI is InChI=1S/C17H18N4O4S2/c1-9(2)24-11-4-6-12(7-5-11)25-17-18-8-13(26-17)14-20-15(27-21-14)10(3)19-16(22)23/h4-10,19H,1-3H3,(H,22,23). The average molecular weight is 406 g/mol. The summed E-state index contributed by atoms with van der Waals surface area (Å²) in [6.07, 6.45) is 0.650. The minimum Gasteiger partial charge on any atom is -0.491 e. The molecular formula is C17H18N4O4S2. The summed E-state index contributed by atoms with van der Waals surface area (Å²) in [6.45, 7) is 5.65. The highest BCUT2D eigenvalue weighted by Crippen LogP contribution is 2.33. The number of ether oxygens (including phenoxy) is 2. The van der Waals surface area contributed by atoms with E-state index in [2.05, 4.69) is 19.7 Å². The van der Waals surface area contributed by atoms with Crippen molar-refractivity contribution < 1.29 is 19.4 Å². The van der Waals surface area contributed by atoms with Crippen LogP contribution >= 0.6 is 22.9 Å². The van der Waals surface area contributed by atoms with Crippen LogP contribution in [-0.4, -0.2) is 31.6 Å². The van der Waals surface area contributed by atoms with Gasteiger partial charge in [-0.2, -0.15) is 4.37 Å². The van der Waals surface area contributed by atoms with Crippen molar-refractivity contribution in [3.63, 3.8) is 0 Å². The zero-order valence-corrected chi connectivity index (χ0v) is 16.5. The predicted octanol–water partition coefficient (Wildman–Crippen LogP) is 4.57. The zero-order chi connectivity index (χ0) is 19.4. The van der Waals surface area contributed by atoms with Gasteiger partial charge in [-0.05, 0) is 56.6 Å². The number of amides is 1. The molecular weight excluding hydrogens is 388 g/mol. The third-order valence-corrected chi connectivity index (χ3v) is 5.03. The van der Waals surface area contributed by atoms with Gasteiger partial charge in [0.1, 0.15) is 16.5 Å². The van der Waals surface area contributed by atoms with Crippen molar-refractivity contribution in [1.82, 2.24) is 19.7 Å². The summed E-state index contributed by atoms with van der Waals surface area (Å²) < 4.78 is 15.6. The highest BCUT2D eigenvalue weighted by molar-refractivity contribution is 7.17. The van der Waals surface area contributed by atoms with Crippen molar-refractivity contribution in [3.8, 4) is 27.4 Å². The van der Waals surface area contributed by atoms with Crippen LogP contribution in [0.5, 0.6) is 16.7 Å². The Bertz CT molecular complexity index is 908. The van der Waals surface area contributed by atoms with Crippen LogP contribution < -0.4 is 14.8 Å². The largest absolute Gasteiger partial charge is 0.491 e. The highest BCUT2D eigenvalue weighted by atomic mass is 32.1. The fraction of sp³-hybridized carbons (Fsp3) is 0.294. The van der Waals surface area contributed by atoms with Gasteiger partial charge in [-0.25, -0.2) is 14.8 Å². The highest BCUT2D eigenvalue weighted by Gasteiger charge is 2.16. The molecule has 0 aliphatic heterocycles.